The lowest BCUT2D eigenvalue weighted by molar-refractivity contribution is 0.412. The molecule has 4 aromatic heterocycles. The smallest absolute Gasteiger partial charge is 0.223 e. The number of hydrogen-bond donors (Lipinski definition) is 1. The second kappa shape index (κ2) is 7.55. The summed E-state index contributed by atoms with van der Waals surface area (Å²) in [5.74, 6) is 1.15. The molecule has 0 aliphatic carbocycles. The van der Waals surface area contributed by atoms with Gasteiger partial charge in [-0.3, -0.25) is 9.67 Å². The molecule has 0 unspecified atom stereocenters. The zero-order valence-electron chi connectivity index (χ0n) is 15.0. The molecule has 0 aliphatic rings. The van der Waals surface area contributed by atoms with Crippen LogP contribution < -0.4 is 10.1 Å². The van der Waals surface area contributed by atoms with E-state index in [0.717, 1.165) is 16.3 Å². The zero-order chi connectivity index (χ0) is 18.6. The summed E-state index contributed by atoms with van der Waals surface area (Å²) in [5, 5.41) is 7.48. The van der Waals surface area contributed by atoms with E-state index in [0.29, 0.717) is 23.9 Å². The van der Waals surface area contributed by atoms with Gasteiger partial charge < -0.3 is 10.1 Å². The summed E-state index contributed by atoms with van der Waals surface area (Å²) in [6.07, 6.45) is 5.21. The van der Waals surface area contributed by atoms with Gasteiger partial charge in [0.05, 0.1) is 36.1 Å². The fourth-order valence-electron chi connectivity index (χ4n) is 2.68. The molecule has 0 aliphatic heterocycles. The highest BCUT2D eigenvalue weighted by molar-refractivity contribution is 7.15. The van der Waals surface area contributed by atoms with Gasteiger partial charge in [0.25, 0.3) is 0 Å². The minimum absolute atomic E-state index is 0.541. The van der Waals surface area contributed by atoms with Crippen molar-refractivity contribution in [3.63, 3.8) is 0 Å². The molecule has 4 rings (SSSR count). The molecule has 0 fully saturated rings. The highest BCUT2D eigenvalue weighted by atomic mass is 32.1. The van der Waals surface area contributed by atoms with Gasteiger partial charge in [0.2, 0.25) is 5.95 Å². The number of methoxy groups -OCH3 is 1. The topological polar surface area (TPSA) is 77.8 Å². The Balaban J connectivity index is 1.52. The fourth-order valence-corrected chi connectivity index (χ4v) is 3.60. The lowest BCUT2D eigenvalue weighted by Crippen LogP contribution is -2.05. The first-order chi connectivity index (χ1) is 13.2. The minimum Gasteiger partial charge on any atom is -0.493 e. The molecular formula is C19H18N6OS. The molecule has 7 nitrogen and oxygen atoms in total. The van der Waals surface area contributed by atoms with Crippen LogP contribution in [0, 0.1) is 0 Å². The molecule has 136 valence electrons. The summed E-state index contributed by atoms with van der Waals surface area (Å²) >= 11 is 1.70. The van der Waals surface area contributed by atoms with Gasteiger partial charge in [-0.2, -0.15) is 5.10 Å². The van der Waals surface area contributed by atoms with Gasteiger partial charge in [0, 0.05) is 24.3 Å². The van der Waals surface area contributed by atoms with Crippen molar-refractivity contribution in [1.82, 2.24) is 24.7 Å². The maximum absolute atomic E-state index is 5.40. The Labute approximate surface area is 160 Å². The Morgan fingerprint density at radius 3 is 2.78 bits per heavy atom. The average molecular weight is 378 g/mol. The summed E-state index contributed by atoms with van der Waals surface area (Å²) < 4.78 is 7.15. The van der Waals surface area contributed by atoms with Gasteiger partial charge in [0.15, 0.2) is 5.75 Å². The third-order valence-electron chi connectivity index (χ3n) is 4.04. The van der Waals surface area contributed by atoms with Crippen LogP contribution in [0.3, 0.4) is 0 Å². The number of rotatable bonds is 6. The molecule has 27 heavy (non-hydrogen) atoms. The third kappa shape index (κ3) is 3.65. The lowest BCUT2D eigenvalue weighted by Gasteiger charge is -2.10. The Kier molecular flexibility index (Phi) is 4.80. The molecule has 0 spiro atoms. The van der Waals surface area contributed by atoms with Crippen LogP contribution in [0.1, 0.15) is 4.88 Å². The summed E-state index contributed by atoms with van der Waals surface area (Å²) in [6.45, 7) is 0.634. The molecule has 4 aromatic rings. The number of ether oxygens (including phenoxy) is 1. The van der Waals surface area contributed by atoms with Crippen molar-refractivity contribution in [2.24, 2.45) is 7.05 Å². The van der Waals surface area contributed by atoms with E-state index in [2.05, 4.69) is 37.5 Å². The first-order valence-corrected chi connectivity index (χ1v) is 9.19. The van der Waals surface area contributed by atoms with Crippen LogP contribution in [-0.4, -0.2) is 31.8 Å². The van der Waals surface area contributed by atoms with E-state index in [1.165, 1.54) is 4.88 Å². The van der Waals surface area contributed by atoms with Crippen molar-refractivity contribution in [2.75, 3.05) is 12.4 Å². The molecule has 0 radical (unpaired) electrons. The van der Waals surface area contributed by atoms with Gasteiger partial charge in [0.1, 0.15) is 5.69 Å². The van der Waals surface area contributed by atoms with Crippen molar-refractivity contribution in [3.05, 3.63) is 59.9 Å². The number of aromatic nitrogens is 5. The molecule has 0 atom stereocenters. The van der Waals surface area contributed by atoms with Crippen LogP contribution >= 0.6 is 11.3 Å². The van der Waals surface area contributed by atoms with Crippen LogP contribution in [-0.2, 0) is 13.6 Å². The number of anilines is 1. The quantitative estimate of drug-likeness (QED) is 0.552. The van der Waals surface area contributed by atoms with Crippen LogP contribution in [0.2, 0.25) is 0 Å². The normalized spacial score (nSPS) is 10.7. The fraction of sp³-hybridized carbons (Fsp3) is 0.158. The monoisotopic (exact) mass is 378 g/mol. The number of thiophene rings is 1. The number of hydrogen-bond acceptors (Lipinski definition) is 7. The summed E-state index contributed by atoms with van der Waals surface area (Å²) in [6, 6.07) is 12.0. The average Bonchev–Trinajstić information content (AvgIpc) is 3.36. The molecule has 0 saturated heterocycles. The van der Waals surface area contributed by atoms with E-state index in [1.807, 2.05) is 31.3 Å². The predicted molar refractivity (Wildman–Crippen MR) is 106 cm³/mol. The van der Waals surface area contributed by atoms with Gasteiger partial charge in [-0.05, 0) is 30.3 Å². The van der Waals surface area contributed by atoms with Gasteiger partial charge in [-0.25, -0.2) is 9.97 Å². The first-order valence-electron chi connectivity index (χ1n) is 8.38. The highest BCUT2D eigenvalue weighted by Crippen LogP contribution is 2.29. The molecule has 1 N–H and O–H groups in total. The standard InChI is InChI=1S/C19H18N6OS/c1-25-15(8-10-23-25)18-16(26-2)12-22-19(24-18)21-11-13-6-7-17(27-13)14-5-3-4-9-20-14/h3-10,12H,11H2,1-2H3,(H,21,22,24). The summed E-state index contributed by atoms with van der Waals surface area (Å²) in [4.78, 5) is 15.7. The van der Waals surface area contributed by atoms with Crippen LogP contribution in [0.5, 0.6) is 5.75 Å². The Morgan fingerprint density at radius 1 is 1.11 bits per heavy atom. The van der Waals surface area contributed by atoms with Gasteiger partial charge >= 0.3 is 0 Å². The van der Waals surface area contributed by atoms with Gasteiger partial charge in [-0.15, -0.1) is 11.3 Å². The van der Waals surface area contributed by atoms with Gasteiger partial charge in [-0.1, -0.05) is 6.07 Å². The van der Waals surface area contributed by atoms with E-state index < -0.39 is 0 Å². The van der Waals surface area contributed by atoms with E-state index in [4.69, 9.17) is 4.74 Å². The van der Waals surface area contributed by atoms with E-state index in [-0.39, 0.29) is 0 Å². The highest BCUT2D eigenvalue weighted by Gasteiger charge is 2.13. The zero-order valence-corrected chi connectivity index (χ0v) is 15.8. The number of aryl methyl sites for hydroxylation is 1. The molecule has 0 bridgehead atoms. The molecule has 8 heteroatoms. The van der Waals surface area contributed by atoms with Crippen LogP contribution in [0.4, 0.5) is 5.95 Å². The minimum atomic E-state index is 0.541. The predicted octanol–water partition coefficient (Wildman–Crippen LogP) is 3.62. The summed E-state index contributed by atoms with van der Waals surface area (Å²) in [5.41, 5.74) is 2.55. The van der Waals surface area contributed by atoms with Crippen molar-refractivity contribution in [1.29, 1.82) is 0 Å². The van der Waals surface area contributed by atoms with E-state index in [9.17, 15) is 0 Å². The number of nitrogens with one attached hydrogen (secondary N) is 1. The SMILES string of the molecule is COc1cnc(NCc2ccc(-c3ccccn3)s2)nc1-c1ccnn1C. The Hall–Kier alpha value is -3.26. The number of nitrogens with zero attached hydrogens (tertiary/aromatic N) is 5. The van der Waals surface area contributed by atoms with E-state index in [1.54, 1.807) is 41.7 Å². The van der Waals surface area contributed by atoms with Crippen molar-refractivity contribution in [3.8, 4) is 27.7 Å². The molecule has 0 saturated carbocycles. The van der Waals surface area contributed by atoms with Crippen LogP contribution in [0.15, 0.2) is 55.0 Å². The maximum Gasteiger partial charge on any atom is 0.223 e. The van der Waals surface area contributed by atoms with Crippen molar-refractivity contribution < 1.29 is 4.74 Å². The van der Waals surface area contributed by atoms with Crippen molar-refractivity contribution >= 4 is 17.3 Å². The first kappa shape index (κ1) is 17.2. The Morgan fingerprint density at radius 2 is 2.04 bits per heavy atom. The van der Waals surface area contributed by atoms with Crippen molar-refractivity contribution in [2.45, 2.75) is 6.54 Å². The molecule has 0 amide bonds. The maximum atomic E-state index is 5.40. The molecule has 4 heterocycles. The Bertz CT molecular complexity index is 1040. The summed E-state index contributed by atoms with van der Waals surface area (Å²) in [7, 11) is 3.48. The number of pyridine rings is 1. The lowest BCUT2D eigenvalue weighted by atomic mass is 10.3. The van der Waals surface area contributed by atoms with Crippen LogP contribution in [0.25, 0.3) is 22.0 Å². The third-order valence-corrected chi connectivity index (χ3v) is 5.15. The largest absolute Gasteiger partial charge is 0.493 e. The second-order valence-electron chi connectivity index (χ2n) is 5.79. The molecular weight excluding hydrogens is 360 g/mol. The van der Waals surface area contributed by atoms with E-state index >= 15 is 0 Å². The molecule has 0 aromatic carbocycles. The second-order valence-corrected chi connectivity index (χ2v) is 6.95.